The quantitative estimate of drug-likeness (QED) is 0.691. The van der Waals surface area contributed by atoms with E-state index >= 15 is 0 Å². The van der Waals surface area contributed by atoms with Crippen molar-refractivity contribution >= 4 is 40.1 Å². The third-order valence-corrected chi connectivity index (χ3v) is 4.61. The highest BCUT2D eigenvalue weighted by Gasteiger charge is 2.26. The van der Waals surface area contributed by atoms with Gasteiger partial charge in [0, 0.05) is 34.9 Å². The number of fused-ring (bicyclic) bond motifs is 1. The van der Waals surface area contributed by atoms with Crippen LogP contribution in [0, 0.1) is 0 Å². The number of pyridine rings is 1. The van der Waals surface area contributed by atoms with Gasteiger partial charge in [0.15, 0.2) is 11.5 Å². The van der Waals surface area contributed by atoms with Gasteiger partial charge in [-0.15, -0.1) is 10.2 Å². The lowest BCUT2D eigenvalue weighted by molar-refractivity contribution is -0.119. The molecule has 21 heavy (non-hydrogen) atoms. The second kappa shape index (κ2) is 6.33. The van der Waals surface area contributed by atoms with Crippen LogP contribution in [0.5, 0.6) is 0 Å². The molecule has 1 amide bonds. The van der Waals surface area contributed by atoms with Crippen LogP contribution in [-0.2, 0) is 11.3 Å². The molecule has 112 valence electrons. The van der Waals surface area contributed by atoms with E-state index < -0.39 is 0 Å². The van der Waals surface area contributed by atoms with Crippen molar-refractivity contribution < 1.29 is 4.79 Å². The summed E-state index contributed by atoms with van der Waals surface area (Å²) in [5.74, 6) is 0.974. The molecule has 2 N–H and O–H groups in total. The Balaban J connectivity index is 1.56. The molecule has 6 nitrogen and oxygen atoms in total. The number of aromatic nitrogens is 3. The number of thiol groups is 1. The topological polar surface area (TPSA) is 71.3 Å². The summed E-state index contributed by atoms with van der Waals surface area (Å²) in [7, 11) is 0. The van der Waals surface area contributed by atoms with Gasteiger partial charge in [0.1, 0.15) is 0 Å². The van der Waals surface area contributed by atoms with Crippen molar-refractivity contribution in [1.82, 2.24) is 25.2 Å². The Morgan fingerprint density at radius 3 is 3.19 bits per heavy atom. The van der Waals surface area contributed by atoms with Gasteiger partial charge in [0.2, 0.25) is 5.91 Å². The first kappa shape index (κ1) is 14.8. The lowest BCUT2D eigenvalue weighted by Gasteiger charge is -2.18. The molecule has 0 bridgehead atoms. The second-order valence-electron chi connectivity index (χ2n) is 5.10. The summed E-state index contributed by atoms with van der Waals surface area (Å²) in [5.41, 5.74) is 0.812. The number of rotatable bonds is 5. The molecule has 2 atom stereocenters. The summed E-state index contributed by atoms with van der Waals surface area (Å²) < 4.78 is 2.93. The van der Waals surface area contributed by atoms with E-state index in [0.717, 1.165) is 22.4 Å². The van der Waals surface area contributed by atoms with Crippen LogP contribution >= 0.6 is 28.6 Å². The van der Waals surface area contributed by atoms with Gasteiger partial charge in [-0.25, -0.2) is 0 Å². The van der Waals surface area contributed by atoms with E-state index in [1.165, 1.54) is 0 Å². The van der Waals surface area contributed by atoms with Crippen molar-refractivity contribution in [2.45, 2.75) is 30.7 Å². The fourth-order valence-corrected chi connectivity index (χ4v) is 3.11. The van der Waals surface area contributed by atoms with Crippen LogP contribution in [0.15, 0.2) is 22.8 Å². The van der Waals surface area contributed by atoms with E-state index in [4.69, 9.17) is 0 Å². The maximum atomic E-state index is 11.2. The maximum absolute atomic E-state index is 11.2. The highest BCUT2D eigenvalue weighted by atomic mass is 79.9. The summed E-state index contributed by atoms with van der Waals surface area (Å²) in [6, 6.07) is 4.03. The number of carbonyl (C=O) groups excluding carboxylic acids is 1. The van der Waals surface area contributed by atoms with Crippen LogP contribution in [0.1, 0.15) is 18.7 Å². The Bertz CT molecular complexity index is 661. The molecule has 2 aromatic heterocycles. The van der Waals surface area contributed by atoms with Crippen LogP contribution in [-0.4, -0.2) is 38.3 Å². The fourth-order valence-electron chi connectivity index (χ4n) is 2.44. The van der Waals surface area contributed by atoms with E-state index in [2.05, 4.69) is 49.4 Å². The van der Waals surface area contributed by atoms with Crippen molar-refractivity contribution in [2.24, 2.45) is 0 Å². The molecular weight excluding hydrogens is 354 g/mol. The van der Waals surface area contributed by atoms with Crippen molar-refractivity contribution in [3.05, 3.63) is 28.6 Å². The summed E-state index contributed by atoms with van der Waals surface area (Å²) in [6.07, 6.45) is 3.40. The molecule has 0 aromatic carbocycles. The van der Waals surface area contributed by atoms with E-state index in [1.54, 1.807) is 0 Å². The molecule has 3 rings (SSSR count). The number of amides is 1. The van der Waals surface area contributed by atoms with Crippen LogP contribution < -0.4 is 10.6 Å². The van der Waals surface area contributed by atoms with Crippen LogP contribution in [0.4, 0.5) is 0 Å². The molecule has 1 aliphatic heterocycles. The van der Waals surface area contributed by atoms with Gasteiger partial charge < -0.3 is 10.6 Å². The zero-order valence-electron chi connectivity index (χ0n) is 11.3. The zero-order chi connectivity index (χ0) is 14.8. The summed E-state index contributed by atoms with van der Waals surface area (Å²) in [5, 5.41) is 14.7. The first-order valence-electron chi connectivity index (χ1n) is 6.81. The zero-order valence-corrected chi connectivity index (χ0v) is 13.8. The SMILES string of the molecule is O=C1CCC([C@H](S)CNCc2nnc3cc(Br)ccn23)N1. The van der Waals surface area contributed by atoms with E-state index in [9.17, 15) is 4.79 Å². The predicted molar refractivity (Wildman–Crippen MR) is 86.3 cm³/mol. The Morgan fingerprint density at radius 1 is 1.57 bits per heavy atom. The number of halogens is 1. The molecule has 0 radical (unpaired) electrons. The van der Waals surface area contributed by atoms with Crippen molar-refractivity contribution in [1.29, 1.82) is 0 Å². The average Bonchev–Trinajstić information content (AvgIpc) is 3.05. The van der Waals surface area contributed by atoms with Crippen molar-refractivity contribution in [3.63, 3.8) is 0 Å². The normalized spacial score (nSPS) is 19.9. The summed E-state index contributed by atoms with van der Waals surface area (Å²) in [4.78, 5) is 11.2. The molecular formula is C13H16BrN5OS. The number of nitrogens with zero attached hydrogens (tertiary/aromatic N) is 3. The summed E-state index contributed by atoms with van der Waals surface area (Å²) >= 11 is 7.97. The Kier molecular flexibility index (Phi) is 4.46. The smallest absolute Gasteiger partial charge is 0.220 e. The van der Waals surface area contributed by atoms with Crippen molar-refractivity contribution in [3.8, 4) is 0 Å². The van der Waals surface area contributed by atoms with Gasteiger partial charge in [-0.3, -0.25) is 9.20 Å². The fraction of sp³-hybridized carbons (Fsp3) is 0.462. The van der Waals surface area contributed by atoms with Gasteiger partial charge >= 0.3 is 0 Å². The van der Waals surface area contributed by atoms with E-state index in [0.29, 0.717) is 19.5 Å². The standard InChI is InChI=1S/C13H16BrN5OS/c14-8-3-4-19-11(5-8)17-18-12(19)7-15-6-10(21)9-1-2-13(20)16-9/h3-5,9-10,15,21H,1-2,6-7H2,(H,16,20)/t9?,10-/m1/s1. The minimum atomic E-state index is 0.102. The minimum absolute atomic E-state index is 0.102. The Hall–Kier alpha value is -1.12. The van der Waals surface area contributed by atoms with Gasteiger partial charge in [0.25, 0.3) is 0 Å². The van der Waals surface area contributed by atoms with Gasteiger partial charge in [-0.05, 0) is 18.6 Å². The lowest BCUT2D eigenvalue weighted by Crippen LogP contribution is -2.39. The Morgan fingerprint density at radius 2 is 2.43 bits per heavy atom. The highest BCUT2D eigenvalue weighted by molar-refractivity contribution is 9.10. The van der Waals surface area contributed by atoms with E-state index in [1.807, 2.05) is 22.7 Å². The third-order valence-electron chi connectivity index (χ3n) is 3.57. The number of nitrogens with one attached hydrogen (secondary N) is 2. The van der Waals surface area contributed by atoms with Gasteiger partial charge in [0.05, 0.1) is 6.54 Å². The molecule has 0 spiro atoms. The largest absolute Gasteiger partial charge is 0.352 e. The van der Waals surface area contributed by atoms with Gasteiger partial charge in [-0.2, -0.15) is 12.6 Å². The average molecular weight is 370 g/mol. The number of hydrogen-bond donors (Lipinski definition) is 3. The Labute approximate surface area is 136 Å². The van der Waals surface area contributed by atoms with Crippen LogP contribution in [0.2, 0.25) is 0 Å². The molecule has 0 aliphatic carbocycles. The number of carbonyl (C=O) groups is 1. The molecule has 0 saturated carbocycles. The molecule has 8 heteroatoms. The molecule has 1 fully saturated rings. The number of hydrogen-bond acceptors (Lipinski definition) is 5. The van der Waals surface area contributed by atoms with Crippen LogP contribution in [0.25, 0.3) is 5.65 Å². The lowest BCUT2D eigenvalue weighted by atomic mass is 10.1. The molecule has 1 saturated heterocycles. The van der Waals surface area contributed by atoms with Crippen LogP contribution in [0.3, 0.4) is 0 Å². The molecule has 2 aromatic rings. The van der Waals surface area contributed by atoms with E-state index in [-0.39, 0.29) is 17.2 Å². The maximum Gasteiger partial charge on any atom is 0.220 e. The third kappa shape index (κ3) is 3.38. The molecule has 3 heterocycles. The second-order valence-corrected chi connectivity index (χ2v) is 6.68. The molecule has 1 aliphatic rings. The van der Waals surface area contributed by atoms with Crippen molar-refractivity contribution in [2.75, 3.05) is 6.54 Å². The first-order valence-corrected chi connectivity index (χ1v) is 8.12. The minimum Gasteiger partial charge on any atom is -0.352 e. The molecule has 1 unspecified atom stereocenters. The van der Waals surface area contributed by atoms with Gasteiger partial charge in [-0.1, -0.05) is 15.9 Å². The first-order chi connectivity index (χ1) is 10.1. The highest BCUT2D eigenvalue weighted by Crippen LogP contribution is 2.15. The summed E-state index contributed by atoms with van der Waals surface area (Å²) in [6.45, 7) is 1.32. The predicted octanol–water partition coefficient (Wildman–Crippen LogP) is 1.16. The monoisotopic (exact) mass is 369 g/mol.